The summed E-state index contributed by atoms with van der Waals surface area (Å²) in [5.74, 6) is -21.5. The van der Waals surface area contributed by atoms with Crippen molar-refractivity contribution >= 4 is 72.6 Å². The van der Waals surface area contributed by atoms with Crippen molar-refractivity contribution in [3.8, 4) is 0 Å². The van der Waals surface area contributed by atoms with Crippen molar-refractivity contribution in [2.24, 2.45) is 55.5 Å². The van der Waals surface area contributed by atoms with Gasteiger partial charge in [0.2, 0.25) is 11.8 Å². The number of carbonyl (C=O) groups is 10. The van der Waals surface area contributed by atoms with E-state index >= 15 is 0 Å². The molecule has 100 heavy (non-hydrogen) atoms. The number of rotatable bonds is 29. The number of carboxylic acids is 6. The molecule has 2 amide bonds. The molecule has 26 atom stereocenters. The quantitative estimate of drug-likeness (QED) is 0.0109. The van der Waals surface area contributed by atoms with E-state index in [1.54, 1.807) is 0 Å². The van der Waals surface area contributed by atoms with Crippen molar-refractivity contribution in [1.82, 2.24) is 10.9 Å². The van der Waals surface area contributed by atoms with Gasteiger partial charge in [-0.05, 0) is 34.5 Å². The van der Waals surface area contributed by atoms with E-state index in [-0.39, 0.29) is 203 Å². The monoisotopic (exact) mass is 1490 g/mol. The van der Waals surface area contributed by atoms with Crippen molar-refractivity contribution in [3.63, 3.8) is 0 Å². The van der Waals surface area contributed by atoms with Crippen LogP contribution >= 0.6 is 0 Å². The minimum Gasteiger partial charge on any atom is -0.547 e. The van der Waals surface area contributed by atoms with Crippen LogP contribution in [0.5, 0.6) is 0 Å². The van der Waals surface area contributed by atoms with Gasteiger partial charge in [0, 0.05) is 24.7 Å². The fourth-order valence-corrected chi connectivity index (χ4v) is 11.7. The Labute approximate surface area is 708 Å². The van der Waals surface area contributed by atoms with Crippen LogP contribution in [0.25, 0.3) is 0 Å². The molecule has 4 aliphatic rings. The van der Waals surface area contributed by atoms with Gasteiger partial charge in [0.25, 0.3) is 0 Å². The van der Waals surface area contributed by atoms with Crippen LogP contribution in [0, 0.1) is 45.3 Å². The van der Waals surface area contributed by atoms with E-state index in [2.05, 4.69) is 10.2 Å². The number of ether oxygens (including phenoxy) is 8. The van der Waals surface area contributed by atoms with Gasteiger partial charge < -0.3 is 148 Å². The molecule has 0 aromatic heterocycles. The van der Waals surface area contributed by atoms with Crippen molar-refractivity contribution < 1.29 is 335 Å². The van der Waals surface area contributed by atoms with Crippen LogP contribution in [0.15, 0.2) is 10.2 Å². The maximum absolute atomic E-state index is 13.1. The molecule has 36 nitrogen and oxygen atoms in total. The number of aliphatic hydroxyl groups excluding tert-OH is 8. The van der Waals surface area contributed by atoms with Crippen molar-refractivity contribution in [2.45, 2.75) is 243 Å². The smallest absolute Gasteiger partial charge is 0.547 e. The molecule has 0 radical (unpaired) electrons. The van der Waals surface area contributed by atoms with Crippen LogP contribution in [0.1, 0.15) is 109 Å². The molecule has 10 N–H and O–H groups in total. The Morgan fingerprint density at radius 2 is 0.700 bits per heavy atom. The van der Waals surface area contributed by atoms with Crippen LogP contribution in [0.2, 0.25) is 0 Å². The molecule has 0 bridgehead atoms. The van der Waals surface area contributed by atoms with Gasteiger partial charge in [-0.3, -0.25) is 9.59 Å². The predicted molar refractivity (Wildman–Crippen MR) is 295 cm³/mol. The van der Waals surface area contributed by atoms with E-state index in [0.29, 0.717) is 12.4 Å². The molecule has 0 aromatic carbocycles. The maximum atomic E-state index is 13.1. The van der Waals surface area contributed by atoms with Crippen LogP contribution in [0.4, 0.5) is 0 Å². The average Bonchev–Trinajstić information content (AvgIpc) is 0.784. The Morgan fingerprint density at radius 3 is 0.930 bits per heavy atom. The van der Waals surface area contributed by atoms with Gasteiger partial charge in [0.15, 0.2) is 25.2 Å². The average molecular weight is 1490 g/mol. The molecule has 4 fully saturated rings. The molecular weight excluding hydrogens is 1400 g/mol. The molecule has 4 aliphatic heterocycles. The summed E-state index contributed by atoms with van der Waals surface area (Å²) in [6.07, 6.45) is -48.7. The summed E-state index contributed by atoms with van der Waals surface area (Å²) >= 11 is 0. The summed E-state index contributed by atoms with van der Waals surface area (Å²) in [7, 11) is 0. The first-order chi connectivity index (χ1) is 43.2. The number of aldehydes is 2. The number of nitrogens with one attached hydrogen (secondary N) is 2. The summed E-state index contributed by atoms with van der Waals surface area (Å²) in [5.41, 5.74) is -0.343. The second-order valence-corrected chi connectivity index (χ2v) is 27.7. The zero-order valence-electron chi connectivity index (χ0n) is 59.4. The topological polar surface area (TPSA) is 594 Å². The van der Waals surface area contributed by atoms with E-state index in [4.69, 9.17) is 37.9 Å². The fraction of sp³-hybridized carbons (Fsp3) is 0.793. The van der Waals surface area contributed by atoms with Gasteiger partial charge in [0.05, 0.1) is 96.7 Å². The van der Waals surface area contributed by atoms with Crippen LogP contribution in [0.3, 0.4) is 0 Å². The number of hydrogen-bond donors (Lipinski definition) is 10. The fourth-order valence-electron chi connectivity index (χ4n) is 11.7. The Hall–Kier alpha value is -0.200. The second-order valence-electron chi connectivity index (χ2n) is 27.7. The van der Waals surface area contributed by atoms with Gasteiger partial charge in [-0.25, -0.2) is 10.9 Å². The number of amides is 2. The molecule has 4 heterocycles. The molecule has 0 saturated carbocycles. The molecule has 534 valence electrons. The number of unbranched alkanes of at least 4 members (excludes halogenated alkanes) is 1. The summed E-state index contributed by atoms with van der Waals surface area (Å²) in [6, 6.07) is 0. The predicted octanol–water partition coefficient (Wildman–Crippen LogP) is -29.5. The van der Waals surface area contributed by atoms with Crippen LogP contribution < -0.4 is 219 Å². The first kappa shape index (κ1) is 104. The summed E-state index contributed by atoms with van der Waals surface area (Å²) in [5, 5.41) is 172. The molecule has 4 saturated heterocycles. The zero-order valence-corrected chi connectivity index (χ0v) is 71.4. The van der Waals surface area contributed by atoms with E-state index in [0.717, 1.165) is 0 Å². The number of carboxylic acid groups (broad SMARTS) is 6. The second kappa shape index (κ2) is 44.5. The molecule has 0 aliphatic carbocycles. The number of carbonyl (C=O) groups excluding carboxylic acids is 10. The van der Waals surface area contributed by atoms with E-state index in [9.17, 15) is 119 Å². The molecule has 4 rings (SSSR count). The van der Waals surface area contributed by atoms with E-state index < -0.39 is 240 Å². The molecule has 0 aromatic rings. The van der Waals surface area contributed by atoms with Gasteiger partial charge in [0.1, 0.15) is 85.5 Å². The van der Waals surface area contributed by atoms with Gasteiger partial charge >= 0.3 is 177 Å². The Morgan fingerprint density at radius 1 is 0.420 bits per heavy atom. The van der Waals surface area contributed by atoms with Crippen LogP contribution in [-0.2, 0) is 85.8 Å². The first-order valence-corrected chi connectivity index (χ1v) is 29.7. The van der Waals surface area contributed by atoms with Crippen molar-refractivity contribution in [1.29, 1.82) is 0 Å². The van der Waals surface area contributed by atoms with Gasteiger partial charge in [-0.1, -0.05) is 83.1 Å². The molecule has 14 unspecified atom stereocenters. The minimum atomic E-state index is -2.75. The number of aliphatic hydroxyl groups is 8. The number of aliphatic carboxylic acids is 6. The third-order valence-corrected chi connectivity index (χ3v) is 16.4. The number of hydrazone groups is 2. The first-order valence-electron chi connectivity index (χ1n) is 29.7. The maximum Gasteiger partial charge on any atom is 1.00 e. The number of hydrogen-bond acceptors (Lipinski definition) is 34. The normalized spacial score (nSPS) is 32.0. The zero-order chi connectivity index (χ0) is 71.8. The Balaban J connectivity index is -0.0000157. The van der Waals surface area contributed by atoms with Crippen LogP contribution in [-0.4, -0.2) is 248 Å². The van der Waals surface area contributed by atoms with E-state index in [1.165, 1.54) is 83.1 Å². The van der Waals surface area contributed by atoms with Crippen molar-refractivity contribution in [2.75, 3.05) is 0 Å². The number of nitrogens with zero attached hydrogens (tertiary/aromatic N) is 2. The summed E-state index contributed by atoms with van der Waals surface area (Å²) in [6.45, 7) is 17.9. The third kappa shape index (κ3) is 27.4. The summed E-state index contributed by atoms with van der Waals surface area (Å²) < 4.78 is 44.0. The van der Waals surface area contributed by atoms with Gasteiger partial charge in [-0.2, -0.15) is 10.2 Å². The van der Waals surface area contributed by atoms with E-state index in [1.807, 2.05) is 10.9 Å². The van der Waals surface area contributed by atoms with Crippen molar-refractivity contribution in [3.05, 3.63) is 0 Å². The SMILES string of the molecule is CC(C)(C)C1OC(C(=O)[O-])[C@@H](C(/C=N/NC(=O)CCCCC(=O)N/N=C/C(OC(C(=O)[O-])C(C=O)O[C@H]2OC(C(=O)[O-])[C@H](C(C)(C)C)C(O)[C@H]2O)[C@H]2C(C(=O)[O-])O[C@H](C(C)(C)C)[C@H](O)C2O)OC(C(=O)[O-])C(C=O)O[C@@H]2OC(C(=O)[O-])[C@@H](C(C)(C)C)[C@@H](O)C2O)[C@@H](O)[C@@H]1O.[Na+].[Na+].[Na+].[Na+].[Na+].[Na+]. The molecule has 42 heteroatoms. The third-order valence-electron chi connectivity index (χ3n) is 16.4. The minimum absolute atomic E-state index is 0. The standard InChI is InChI=1S/C58H90N4O32.6Na/c1-55(2,3)29-33(69)37(73)53(93-43(29)51(83)84)89-23(19-63)39(47(75)76)87-21(27-31(67)35(71)45(57(7,8)9)91-41(27)49(79)80)17-59-61-25(65)15-13-14-16-26(66)62-60-18-22(28-32(68)36(72)46(58(10,11)12)92-42(28)50(81)82)88-40(48(77)78)24(20-64)90-54-38(74)34(70)30(56(4,5)6)44(94-54)52(85)86;;;;;;/h17-24,27-46,53-54,67-74H,13-16H2,1-12H3,(H,61,65)(H,62,66)(H,75,76)(H,77,78)(H,79,80)(H,81,82)(H,83,84)(H,85,86);;;;;;/q;6*+1/p-6/b59-17+,60-18+;;;;;;/t21?,22?,23?,24?,27-,28+,29-,30+,31+,32?,33+,34?,35-,36+,37?,38+,39?,40?,41?,42?,43?,44?,45?,46-,53+,54-;;;;;;/m0....../s1. The molecular formula is C58H84N4Na6O32. The van der Waals surface area contributed by atoms with Gasteiger partial charge in [-0.15, -0.1) is 0 Å². The summed E-state index contributed by atoms with van der Waals surface area (Å²) in [4.78, 5) is 127. The largest absolute Gasteiger partial charge is 1.00 e. The Kier molecular flexibility index (Phi) is 46.2. The Bertz CT molecular complexity index is 2580. The molecule has 0 spiro atoms.